The van der Waals surface area contributed by atoms with Crippen molar-refractivity contribution >= 4 is 48.6 Å². The number of aromatic nitrogens is 1. The first-order valence-electron chi connectivity index (χ1n) is 17.8. The second-order valence-electron chi connectivity index (χ2n) is 17.1. The van der Waals surface area contributed by atoms with Crippen LogP contribution in [0.25, 0.3) is 6.08 Å². The molecular formula is C36H59BN2O7SSi. The number of Topliss-reactive ketones (excluding diaryl/α,β-unsaturated/α-hetero) is 1. The van der Waals surface area contributed by atoms with Gasteiger partial charge in [0.1, 0.15) is 5.60 Å². The summed E-state index contributed by atoms with van der Waals surface area (Å²) < 4.78 is 46.0. The SMILES string of the molecule is CCCS(=O)(=O)N(C(=O)OC(C)(C)C)C1CC(C(=O)c2c(B3OC(C)(C)C(C)(C)O3)cnc3c2C=CC3[Si](C(C)C)(C(C)C)C(C)C)C1. The third kappa shape index (κ3) is 6.72. The van der Waals surface area contributed by atoms with Crippen molar-refractivity contribution in [3.8, 4) is 0 Å². The molecule has 9 nitrogen and oxygen atoms in total. The number of hydrogen-bond acceptors (Lipinski definition) is 8. The minimum atomic E-state index is -3.93. The number of carbonyl (C=O) groups is 2. The first-order chi connectivity index (χ1) is 21.9. The maximum Gasteiger partial charge on any atom is 0.497 e. The van der Waals surface area contributed by atoms with Gasteiger partial charge < -0.3 is 14.0 Å². The molecule has 1 atom stereocenters. The molecule has 2 fully saturated rings. The number of hydrogen-bond donors (Lipinski definition) is 0. The summed E-state index contributed by atoms with van der Waals surface area (Å²) in [6.07, 6.45) is 6.05. The van der Waals surface area contributed by atoms with E-state index < -0.39 is 60.1 Å². The van der Waals surface area contributed by atoms with E-state index in [1.54, 1.807) is 33.9 Å². The Morgan fingerprint density at radius 1 is 1.02 bits per heavy atom. The number of rotatable bonds is 11. The van der Waals surface area contributed by atoms with Gasteiger partial charge in [0.05, 0.1) is 36.8 Å². The topological polar surface area (TPSA) is 112 Å². The largest absolute Gasteiger partial charge is 0.497 e. The average molecular weight is 703 g/mol. The fraction of sp³-hybridized carbons (Fsp3) is 0.750. The Kier molecular flexibility index (Phi) is 10.7. The molecule has 4 rings (SSSR count). The third-order valence-electron chi connectivity index (χ3n) is 11.4. The lowest BCUT2D eigenvalue weighted by molar-refractivity contribution is 0.00578. The number of sulfonamides is 1. The Balaban J connectivity index is 1.79. The van der Waals surface area contributed by atoms with Crippen molar-refractivity contribution in [2.45, 2.75) is 161 Å². The first-order valence-corrected chi connectivity index (χ1v) is 21.7. The lowest BCUT2D eigenvalue weighted by Crippen LogP contribution is -2.54. The smallest absolute Gasteiger partial charge is 0.443 e. The third-order valence-corrected chi connectivity index (χ3v) is 20.9. The standard InChI is InChI=1S/C36H59BN2O7SSi/c1-15-18-47(42,43)39(33(41)44-34(8,9)10)26-19-25(20-26)32(40)30-27-16-17-29(48(22(2)3,23(4)5)24(6)7)31(27)38-21-28(30)37-45-35(11,12)36(13,14)46-37/h16-17,21-26,29H,15,18-20H2,1-14H3. The van der Waals surface area contributed by atoms with Crippen molar-refractivity contribution in [2.24, 2.45) is 5.92 Å². The van der Waals surface area contributed by atoms with Crippen LogP contribution in [0.15, 0.2) is 12.3 Å². The van der Waals surface area contributed by atoms with Gasteiger partial charge in [-0.2, -0.15) is 0 Å². The van der Waals surface area contributed by atoms with Crippen molar-refractivity contribution in [3.05, 3.63) is 29.1 Å². The van der Waals surface area contributed by atoms with Crippen molar-refractivity contribution in [1.82, 2.24) is 9.29 Å². The summed E-state index contributed by atoms with van der Waals surface area (Å²) in [5, 5.41) is 0. The number of fused-ring (bicyclic) bond motifs is 1. The van der Waals surface area contributed by atoms with E-state index in [9.17, 15) is 18.0 Å². The fourth-order valence-electron chi connectivity index (χ4n) is 8.51. The van der Waals surface area contributed by atoms with Gasteiger partial charge in [0, 0.05) is 34.2 Å². The molecular weight excluding hydrogens is 643 g/mol. The van der Waals surface area contributed by atoms with Gasteiger partial charge in [0.15, 0.2) is 5.78 Å². The molecule has 0 spiro atoms. The minimum Gasteiger partial charge on any atom is -0.443 e. The number of ether oxygens (including phenoxy) is 1. The summed E-state index contributed by atoms with van der Waals surface area (Å²) in [5.74, 6) is -0.757. The van der Waals surface area contributed by atoms with E-state index in [-0.39, 0.29) is 29.9 Å². The van der Waals surface area contributed by atoms with Gasteiger partial charge in [0.2, 0.25) is 10.0 Å². The fourth-order valence-corrected chi connectivity index (χ4v) is 17.4. The molecule has 0 aromatic carbocycles. The van der Waals surface area contributed by atoms with Gasteiger partial charge in [0.25, 0.3) is 0 Å². The molecule has 1 aromatic heterocycles. The zero-order valence-corrected chi connectivity index (χ0v) is 33.6. The molecule has 2 aliphatic carbocycles. The number of amides is 1. The van der Waals surface area contributed by atoms with E-state index in [0.717, 1.165) is 15.6 Å². The molecule has 1 saturated carbocycles. The predicted molar refractivity (Wildman–Crippen MR) is 196 cm³/mol. The monoisotopic (exact) mass is 702 g/mol. The number of carbonyl (C=O) groups excluding carboxylic acids is 2. The molecule has 2 heterocycles. The van der Waals surface area contributed by atoms with Crippen LogP contribution in [0.3, 0.4) is 0 Å². The van der Waals surface area contributed by atoms with Gasteiger partial charge in [-0.1, -0.05) is 60.6 Å². The van der Waals surface area contributed by atoms with E-state index in [1.807, 2.05) is 27.7 Å². The molecule has 3 aliphatic rings. The molecule has 1 unspecified atom stereocenters. The maximum absolute atomic E-state index is 14.7. The summed E-state index contributed by atoms with van der Waals surface area (Å²) in [7, 11) is -6.78. The predicted octanol–water partition coefficient (Wildman–Crippen LogP) is 7.65. The molecule has 12 heteroatoms. The number of nitrogens with zero attached hydrogens (tertiary/aromatic N) is 2. The molecule has 0 N–H and O–H groups in total. The quantitative estimate of drug-likeness (QED) is 0.171. The van der Waals surface area contributed by atoms with E-state index in [0.29, 0.717) is 34.1 Å². The Morgan fingerprint density at radius 2 is 1.54 bits per heavy atom. The highest BCUT2D eigenvalue weighted by Gasteiger charge is 2.56. The van der Waals surface area contributed by atoms with E-state index >= 15 is 0 Å². The van der Waals surface area contributed by atoms with Crippen LogP contribution in [0, 0.1) is 5.92 Å². The lowest BCUT2D eigenvalue weighted by Gasteiger charge is -2.47. The summed E-state index contributed by atoms with van der Waals surface area (Å²) >= 11 is 0. The van der Waals surface area contributed by atoms with Crippen LogP contribution in [-0.2, 0) is 24.1 Å². The number of ketones is 1. The maximum atomic E-state index is 14.7. The van der Waals surface area contributed by atoms with Gasteiger partial charge in [-0.3, -0.25) is 9.78 Å². The molecule has 48 heavy (non-hydrogen) atoms. The van der Waals surface area contributed by atoms with Crippen molar-refractivity contribution < 1.29 is 32.1 Å². The van der Waals surface area contributed by atoms with Crippen LogP contribution in [0.5, 0.6) is 0 Å². The number of pyridine rings is 1. The summed E-state index contributed by atoms with van der Waals surface area (Å²) in [6, 6.07) is -0.660. The molecule has 1 saturated heterocycles. The highest BCUT2D eigenvalue weighted by Crippen LogP contribution is 2.53. The van der Waals surface area contributed by atoms with Crippen LogP contribution in [0.2, 0.25) is 16.6 Å². The van der Waals surface area contributed by atoms with Gasteiger partial charge >= 0.3 is 13.2 Å². The molecule has 268 valence electrons. The second-order valence-corrected chi connectivity index (χ2v) is 25.1. The van der Waals surface area contributed by atoms with E-state index in [1.165, 1.54) is 0 Å². The van der Waals surface area contributed by atoms with Crippen LogP contribution >= 0.6 is 0 Å². The Bertz CT molecular complexity index is 1500. The summed E-state index contributed by atoms with van der Waals surface area (Å²) in [5.41, 5.74) is 2.40. The zero-order valence-electron chi connectivity index (χ0n) is 31.8. The summed E-state index contributed by atoms with van der Waals surface area (Å²) in [6.45, 7) is 28.8. The lowest BCUT2D eigenvalue weighted by atomic mass is 9.69. The normalized spacial score (nSPS) is 23.5. The molecule has 1 aromatic rings. The first kappa shape index (κ1) is 38.8. The molecule has 0 bridgehead atoms. The van der Waals surface area contributed by atoms with Crippen LogP contribution in [0.4, 0.5) is 4.79 Å². The van der Waals surface area contributed by atoms with Gasteiger partial charge in [-0.15, -0.1) is 0 Å². The highest BCUT2D eigenvalue weighted by molar-refractivity contribution is 7.89. The Morgan fingerprint density at radius 3 is 2.00 bits per heavy atom. The van der Waals surface area contributed by atoms with Gasteiger partial charge in [-0.05, 0) is 84.4 Å². The Labute approximate surface area is 291 Å². The van der Waals surface area contributed by atoms with E-state index in [2.05, 4.69) is 53.7 Å². The molecule has 1 aliphatic heterocycles. The van der Waals surface area contributed by atoms with Crippen LogP contribution < -0.4 is 5.46 Å². The number of allylic oxidation sites excluding steroid dienone is 1. The minimum absolute atomic E-state index is 0.0946. The Hall–Kier alpha value is -2.02. The van der Waals surface area contributed by atoms with Crippen LogP contribution in [-0.4, -0.2) is 73.4 Å². The zero-order chi connectivity index (χ0) is 36.4. The second kappa shape index (κ2) is 13.3. The van der Waals surface area contributed by atoms with Crippen molar-refractivity contribution in [1.29, 1.82) is 0 Å². The van der Waals surface area contributed by atoms with E-state index in [4.69, 9.17) is 19.0 Å². The molecule has 1 amide bonds. The van der Waals surface area contributed by atoms with Crippen molar-refractivity contribution in [3.63, 3.8) is 0 Å². The summed E-state index contributed by atoms with van der Waals surface area (Å²) in [4.78, 5) is 33.1. The van der Waals surface area contributed by atoms with Gasteiger partial charge in [-0.25, -0.2) is 17.5 Å². The van der Waals surface area contributed by atoms with Crippen molar-refractivity contribution in [2.75, 3.05) is 5.75 Å². The molecule has 0 radical (unpaired) electrons. The average Bonchev–Trinajstić information content (AvgIpc) is 3.40. The van der Waals surface area contributed by atoms with Crippen LogP contribution in [0.1, 0.15) is 143 Å². The highest BCUT2D eigenvalue weighted by atomic mass is 32.2.